The molecule has 1 N–H and O–H groups in total. The van der Waals surface area contributed by atoms with E-state index >= 15 is 0 Å². The maximum atomic E-state index is 12.9. The third-order valence-corrected chi connectivity index (χ3v) is 6.52. The van der Waals surface area contributed by atoms with Crippen LogP contribution in [0.25, 0.3) is 5.76 Å². The first-order valence-electron chi connectivity index (χ1n) is 8.33. The minimum absolute atomic E-state index is 0.0964. The van der Waals surface area contributed by atoms with Gasteiger partial charge in [0.25, 0.3) is 5.78 Å². The van der Waals surface area contributed by atoms with E-state index in [9.17, 15) is 14.7 Å². The molecular formula is C20H16N2O3S2. The fraction of sp³-hybridized carbons (Fsp3) is 0.150. The molecule has 1 atom stereocenters. The highest BCUT2D eigenvalue weighted by atomic mass is 32.1. The summed E-state index contributed by atoms with van der Waals surface area (Å²) in [6, 6.07) is 11.8. The lowest BCUT2D eigenvalue weighted by atomic mass is 10.00. The summed E-state index contributed by atoms with van der Waals surface area (Å²) in [5, 5.41) is 13.2. The Balaban J connectivity index is 1.94. The highest BCUT2D eigenvalue weighted by Crippen LogP contribution is 2.44. The molecule has 4 rings (SSSR count). The molecule has 1 saturated heterocycles. The van der Waals surface area contributed by atoms with Crippen molar-refractivity contribution in [3.8, 4) is 0 Å². The minimum atomic E-state index is -0.694. The minimum Gasteiger partial charge on any atom is -0.507 e. The Bertz CT molecular complexity index is 1030. The van der Waals surface area contributed by atoms with Crippen LogP contribution < -0.4 is 4.90 Å². The molecule has 0 aliphatic carbocycles. The highest BCUT2D eigenvalue weighted by molar-refractivity contribution is 7.16. The van der Waals surface area contributed by atoms with E-state index in [2.05, 4.69) is 4.98 Å². The molecule has 1 fully saturated rings. The van der Waals surface area contributed by atoms with Crippen molar-refractivity contribution in [3.05, 3.63) is 74.4 Å². The van der Waals surface area contributed by atoms with Gasteiger partial charge < -0.3 is 5.11 Å². The summed E-state index contributed by atoms with van der Waals surface area (Å²) in [6.07, 6.45) is 0. The van der Waals surface area contributed by atoms with Gasteiger partial charge in [0.15, 0.2) is 5.13 Å². The third-order valence-electron chi connectivity index (χ3n) is 4.53. The fourth-order valence-corrected chi connectivity index (χ4v) is 4.82. The van der Waals surface area contributed by atoms with E-state index in [4.69, 9.17) is 0 Å². The van der Waals surface area contributed by atoms with Gasteiger partial charge in [-0.05, 0) is 25.3 Å². The molecule has 1 aliphatic rings. The second-order valence-electron chi connectivity index (χ2n) is 6.19. The summed E-state index contributed by atoms with van der Waals surface area (Å²) in [6.45, 7) is 3.80. The topological polar surface area (TPSA) is 70.5 Å². The quantitative estimate of drug-likeness (QED) is 0.403. The summed E-state index contributed by atoms with van der Waals surface area (Å²) in [4.78, 5) is 33.4. The first kappa shape index (κ1) is 17.6. The number of hydrogen-bond donors (Lipinski definition) is 1. The van der Waals surface area contributed by atoms with E-state index in [0.29, 0.717) is 10.7 Å². The van der Waals surface area contributed by atoms with Crippen LogP contribution in [0.4, 0.5) is 5.13 Å². The lowest BCUT2D eigenvalue weighted by Crippen LogP contribution is -2.29. The maximum absolute atomic E-state index is 12.9. The Morgan fingerprint density at radius 2 is 1.85 bits per heavy atom. The first-order valence-corrected chi connectivity index (χ1v) is 10.0. The van der Waals surface area contributed by atoms with E-state index in [0.717, 1.165) is 15.4 Å². The number of aromatic nitrogens is 1. The third kappa shape index (κ3) is 2.89. The number of aryl methyl sites for hydroxylation is 2. The van der Waals surface area contributed by atoms with Crippen LogP contribution in [0.2, 0.25) is 0 Å². The van der Waals surface area contributed by atoms with Crippen LogP contribution in [0.1, 0.15) is 27.1 Å². The normalized spacial score (nSPS) is 19.0. The van der Waals surface area contributed by atoms with Crippen LogP contribution >= 0.6 is 22.7 Å². The van der Waals surface area contributed by atoms with Crippen molar-refractivity contribution in [1.29, 1.82) is 0 Å². The Kier molecular flexibility index (Phi) is 4.41. The van der Waals surface area contributed by atoms with Gasteiger partial charge in [0.05, 0.1) is 11.3 Å². The lowest BCUT2D eigenvalue weighted by Gasteiger charge is -2.21. The molecular weight excluding hydrogens is 380 g/mol. The SMILES string of the molecule is Cc1nc(N2C(=O)C(=O)/C(=C(/O)c3ccccc3)[C@H]2c2cccs2)sc1C. The molecule has 0 bridgehead atoms. The number of thiophene rings is 1. The number of aliphatic hydroxyl groups excluding tert-OH is 1. The zero-order valence-electron chi connectivity index (χ0n) is 14.7. The van der Waals surface area contributed by atoms with Crippen molar-refractivity contribution < 1.29 is 14.7 Å². The number of carbonyl (C=O) groups excluding carboxylic acids is 2. The Hall–Kier alpha value is -2.77. The lowest BCUT2D eigenvalue weighted by molar-refractivity contribution is -0.132. The van der Waals surface area contributed by atoms with Crippen molar-refractivity contribution in [2.45, 2.75) is 19.9 Å². The van der Waals surface area contributed by atoms with E-state index < -0.39 is 17.7 Å². The van der Waals surface area contributed by atoms with Crippen LogP contribution in [0.3, 0.4) is 0 Å². The van der Waals surface area contributed by atoms with E-state index in [1.807, 2.05) is 37.4 Å². The molecule has 3 aromatic rings. The first-order chi connectivity index (χ1) is 13.0. The molecule has 1 aliphatic heterocycles. The zero-order valence-corrected chi connectivity index (χ0v) is 16.3. The van der Waals surface area contributed by atoms with Crippen LogP contribution in [0.5, 0.6) is 0 Å². The molecule has 5 nitrogen and oxygen atoms in total. The van der Waals surface area contributed by atoms with Gasteiger partial charge >= 0.3 is 5.91 Å². The van der Waals surface area contributed by atoms with Gasteiger partial charge in [-0.15, -0.1) is 22.7 Å². The molecule has 3 heterocycles. The summed E-state index contributed by atoms with van der Waals surface area (Å²) in [7, 11) is 0. The van der Waals surface area contributed by atoms with Gasteiger partial charge in [0.1, 0.15) is 11.8 Å². The summed E-state index contributed by atoms with van der Waals surface area (Å²) in [5.74, 6) is -1.53. The molecule has 0 unspecified atom stereocenters. The van der Waals surface area contributed by atoms with Crippen molar-refractivity contribution in [1.82, 2.24) is 4.98 Å². The average Bonchev–Trinajstić information content (AvgIpc) is 3.36. The second-order valence-corrected chi connectivity index (χ2v) is 8.35. The summed E-state index contributed by atoms with van der Waals surface area (Å²) >= 11 is 2.81. The number of aliphatic hydroxyl groups is 1. The number of thiazole rings is 1. The van der Waals surface area contributed by atoms with E-state index in [-0.39, 0.29) is 11.3 Å². The number of rotatable bonds is 3. The largest absolute Gasteiger partial charge is 0.507 e. The summed E-state index contributed by atoms with van der Waals surface area (Å²) < 4.78 is 0. The standard InChI is InChI=1S/C20H16N2O3S2/c1-11-12(2)27-20(21-11)22-16(14-9-6-10-26-14)15(18(24)19(22)25)17(23)13-7-4-3-5-8-13/h3-10,16,23H,1-2H3/b17-15+/t16-/m1/s1. The second kappa shape index (κ2) is 6.75. The van der Waals surface area contributed by atoms with Crippen LogP contribution in [-0.2, 0) is 9.59 Å². The molecule has 27 heavy (non-hydrogen) atoms. The smallest absolute Gasteiger partial charge is 0.301 e. The number of anilines is 1. The van der Waals surface area contributed by atoms with Gasteiger partial charge in [-0.3, -0.25) is 14.5 Å². The Labute approximate surface area is 164 Å². The van der Waals surface area contributed by atoms with Gasteiger partial charge in [-0.25, -0.2) is 4.98 Å². The molecule has 0 radical (unpaired) electrons. The Morgan fingerprint density at radius 1 is 1.11 bits per heavy atom. The van der Waals surface area contributed by atoms with Gasteiger partial charge in [-0.1, -0.05) is 36.4 Å². The number of hydrogen-bond acceptors (Lipinski definition) is 6. The predicted octanol–water partition coefficient (Wildman–Crippen LogP) is 4.45. The molecule has 2 aromatic heterocycles. The van der Waals surface area contributed by atoms with Crippen LogP contribution in [0.15, 0.2) is 53.4 Å². The van der Waals surface area contributed by atoms with E-state index in [1.165, 1.54) is 27.6 Å². The van der Waals surface area contributed by atoms with Crippen molar-refractivity contribution in [3.63, 3.8) is 0 Å². The average molecular weight is 396 g/mol. The number of carbonyl (C=O) groups is 2. The van der Waals surface area contributed by atoms with Crippen LogP contribution in [0, 0.1) is 13.8 Å². The predicted molar refractivity (Wildman–Crippen MR) is 107 cm³/mol. The number of nitrogens with zero attached hydrogens (tertiary/aromatic N) is 2. The number of amides is 1. The summed E-state index contributed by atoms with van der Waals surface area (Å²) in [5.41, 5.74) is 1.42. The maximum Gasteiger partial charge on any atom is 0.301 e. The molecule has 1 amide bonds. The molecule has 1 aromatic carbocycles. The molecule has 0 saturated carbocycles. The van der Waals surface area contributed by atoms with Crippen molar-refractivity contribution in [2.24, 2.45) is 0 Å². The van der Waals surface area contributed by atoms with Gasteiger partial charge in [-0.2, -0.15) is 0 Å². The molecule has 7 heteroatoms. The number of ketones is 1. The van der Waals surface area contributed by atoms with Crippen LogP contribution in [-0.4, -0.2) is 21.8 Å². The number of benzene rings is 1. The zero-order chi connectivity index (χ0) is 19.1. The monoisotopic (exact) mass is 396 g/mol. The molecule has 136 valence electrons. The van der Waals surface area contributed by atoms with Crippen molar-refractivity contribution >= 4 is 45.3 Å². The number of Topliss-reactive ketones (excluding diaryl/α,β-unsaturated/α-hetero) is 1. The van der Waals surface area contributed by atoms with Gasteiger partial charge in [0.2, 0.25) is 0 Å². The van der Waals surface area contributed by atoms with Gasteiger partial charge in [0, 0.05) is 15.3 Å². The highest BCUT2D eigenvalue weighted by Gasteiger charge is 2.48. The van der Waals surface area contributed by atoms with E-state index in [1.54, 1.807) is 24.3 Å². The van der Waals surface area contributed by atoms with Crippen molar-refractivity contribution in [2.75, 3.05) is 4.90 Å². The Morgan fingerprint density at radius 3 is 2.44 bits per heavy atom. The molecule has 0 spiro atoms. The fourth-order valence-electron chi connectivity index (χ4n) is 3.06.